The number of nitrogens with one attached hydrogen (secondary N) is 1. The molecular formula is C16H31NO2. The summed E-state index contributed by atoms with van der Waals surface area (Å²) in [6.45, 7) is 8.45. The lowest BCUT2D eigenvalue weighted by Crippen LogP contribution is -2.55. The van der Waals surface area contributed by atoms with Crippen molar-refractivity contribution in [3.8, 4) is 0 Å². The van der Waals surface area contributed by atoms with Gasteiger partial charge in [-0.1, -0.05) is 25.7 Å². The van der Waals surface area contributed by atoms with E-state index in [2.05, 4.69) is 26.1 Å². The molecule has 2 rings (SSSR count). The summed E-state index contributed by atoms with van der Waals surface area (Å²) < 4.78 is 12.0. The van der Waals surface area contributed by atoms with Crippen molar-refractivity contribution in [2.75, 3.05) is 20.2 Å². The first kappa shape index (κ1) is 15.3. The van der Waals surface area contributed by atoms with E-state index in [1.54, 1.807) is 7.11 Å². The molecule has 1 aliphatic carbocycles. The lowest BCUT2D eigenvalue weighted by molar-refractivity contribution is -0.147. The van der Waals surface area contributed by atoms with Crippen molar-refractivity contribution >= 4 is 0 Å². The highest BCUT2D eigenvalue weighted by Crippen LogP contribution is 2.34. The molecule has 0 bridgehead atoms. The van der Waals surface area contributed by atoms with Crippen molar-refractivity contribution < 1.29 is 9.47 Å². The van der Waals surface area contributed by atoms with Crippen LogP contribution in [-0.4, -0.2) is 37.5 Å². The standard InChI is InChI=1S/C16H31NO2/c1-15(2,18-4)11-16(3)12-17-10-14(19-16)9-13-7-5-6-8-13/h13-14,17H,5-12H2,1-4H3. The van der Waals surface area contributed by atoms with Crippen molar-refractivity contribution in [1.82, 2.24) is 5.32 Å². The predicted molar refractivity (Wildman–Crippen MR) is 78.4 cm³/mol. The van der Waals surface area contributed by atoms with Crippen molar-refractivity contribution in [2.24, 2.45) is 5.92 Å². The monoisotopic (exact) mass is 269 g/mol. The summed E-state index contributed by atoms with van der Waals surface area (Å²) in [7, 11) is 1.79. The Balaban J connectivity index is 1.87. The van der Waals surface area contributed by atoms with Crippen molar-refractivity contribution in [3.63, 3.8) is 0 Å². The molecule has 0 aromatic rings. The third-order valence-corrected chi connectivity index (χ3v) is 4.75. The van der Waals surface area contributed by atoms with E-state index in [1.165, 1.54) is 32.1 Å². The van der Waals surface area contributed by atoms with Crippen LogP contribution in [0.5, 0.6) is 0 Å². The minimum atomic E-state index is -0.119. The van der Waals surface area contributed by atoms with Crippen LogP contribution in [0.3, 0.4) is 0 Å². The van der Waals surface area contributed by atoms with E-state index in [0.29, 0.717) is 6.10 Å². The Morgan fingerprint density at radius 3 is 2.63 bits per heavy atom. The summed E-state index contributed by atoms with van der Waals surface area (Å²) in [5.41, 5.74) is -0.216. The molecule has 0 aromatic heterocycles. The fourth-order valence-corrected chi connectivity index (χ4v) is 3.81. The van der Waals surface area contributed by atoms with E-state index in [-0.39, 0.29) is 11.2 Å². The molecule has 3 heteroatoms. The lowest BCUT2D eigenvalue weighted by atomic mass is 9.88. The minimum Gasteiger partial charge on any atom is -0.379 e. The maximum absolute atomic E-state index is 6.43. The average molecular weight is 269 g/mol. The lowest BCUT2D eigenvalue weighted by Gasteiger charge is -2.43. The van der Waals surface area contributed by atoms with Gasteiger partial charge in [0.15, 0.2) is 0 Å². The molecule has 0 aromatic carbocycles. The van der Waals surface area contributed by atoms with Crippen LogP contribution in [0.1, 0.15) is 59.3 Å². The number of rotatable bonds is 5. The van der Waals surface area contributed by atoms with Crippen LogP contribution in [0.25, 0.3) is 0 Å². The molecule has 2 aliphatic rings. The zero-order valence-electron chi connectivity index (χ0n) is 13.1. The highest BCUT2D eigenvalue weighted by molar-refractivity contribution is 4.91. The second kappa shape index (κ2) is 6.11. The topological polar surface area (TPSA) is 30.5 Å². The van der Waals surface area contributed by atoms with Gasteiger partial charge in [-0.2, -0.15) is 0 Å². The fourth-order valence-electron chi connectivity index (χ4n) is 3.81. The van der Waals surface area contributed by atoms with Crippen LogP contribution >= 0.6 is 0 Å². The molecule has 0 spiro atoms. The van der Waals surface area contributed by atoms with E-state index >= 15 is 0 Å². The van der Waals surface area contributed by atoms with Gasteiger partial charge in [-0.05, 0) is 33.1 Å². The third-order valence-electron chi connectivity index (χ3n) is 4.75. The van der Waals surface area contributed by atoms with Crippen LogP contribution in [0.2, 0.25) is 0 Å². The van der Waals surface area contributed by atoms with Gasteiger partial charge in [-0.15, -0.1) is 0 Å². The number of hydrogen-bond donors (Lipinski definition) is 1. The Morgan fingerprint density at radius 2 is 2.00 bits per heavy atom. The molecule has 0 amide bonds. The number of methoxy groups -OCH3 is 1. The van der Waals surface area contributed by atoms with Crippen molar-refractivity contribution in [2.45, 2.75) is 76.6 Å². The van der Waals surface area contributed by atoms with Gasteiger partial charge in [-0.25, -0.2) is 0 Å². The smallest absolute Gasteiger partial charge is 0.0809 e. The Labute approximate surface area is 118 Å². The first-order chi connectivity index (χ1) is 8.92. The van der Waals surface area contributed by atoms with Gasteiger partial charge >= 0.3 is 0 Å². The molecule has 2 atom stereocenters. The summed E-state index contributed by atoms with van der Waals surface area (Å²) >= 11 is 0. The Morgan fingerprint density at radius 1 is 1.32 bits per heavy atom. The largest absolute Gasteiger partial charge is 0.379 e. The minimum absolute atomic E-state index is 0.0962. The zero-order valence-corrected chi connectivity index (χ0v) is 13.1. The van der Waals surface area contributed by atoms with Crippen LogP contribution in [0.4, 0.5) is 0 Å². The SMILES string of the molecule is COC(C)(C)CC1(C)CNCC(CC2CCCC2)O1. The third kappa shape index (κ3) is 4.44. The highest BCUT2D eigenvalue weighted by atomic mass is 16.5. The summed E-state index contributed by atoms with van der Waals surface area (Å²) in [6, 6.07) is 0. The maximum Gasteiger partial charge on any atom is 0.0809 e. The Kier molecular flexibility index (Phi) is 4.91. The van der Waals surface area contributed by atoms with Crippen molar-refractivity contribution in [1.29, 1.82) is 0 Å². The van der Waals surface area contributed by atoms with Crippen LogP contribution in [0.15, 0.2) is 0 Å². The molecule has 3 nitrogen and oxygen atoms in total. The quantitative estimate of drug-likeness (QED) is 0.832. The molecule has 1 aliphatic heterocycles. The van der Waals surface area contributed by atoms with Crippen LogP contribution in [-0.2, 0) is 9.47 Å². The second-order valence-corrected chi connectivity index (χ2v) is 7.35. The number of morpholine rings is 1. The number of hydrogen-bond acceptors (Lipinski definition) is 3. The van der Waals surface area contributed by atoms with Crippen molar-refractivity contribution in [3.05, 3.63) is 0 Å². The Hall–Kier alpha value is -0.120. The molecule has 112 valence electrons. The summed E-state index contributed by atoms with van der Waals surface area (Å²) in [6.07, 6.45) is 8.19. The normalized spacial score (nSPS) is 33.8. The molecule has 1 saturated carbocycles. The van der Waals surface area contributed by atoms with Gasteiger partial charge in [0.1, 0.15) is 0 Å². The number of ether oxygens (including phenoxy) is 2. The summed E-state index contributed by atoms with van der Waals surface area (Å²) in [5, 5.41) is 3.57. The molecule has 2 fully saturated rings. The second-order valence-electron chi connectivity index (χ2n) is 7.35. The molecular weight excluding hydrogens is 238 g/mol. The first-order valence-corrected chi connectivity index (χ1v) is 7.86. The summed E-state index contributed by atoms with van der Waals surface area (Å²) in [5.74, 6) is 0.893. The van der Waals surface area contributed by atoms with E-state index < -0.39 is 0 Å². The highest BCUT2D eigenvalue weighted by Gasteiger charge is 2.38. The van der Waals surface area contributed by atoms with E-state index in [0.717, 1.165) is 25.4 Å². The van der Waals surface area contributed by atoms with Gasteiger partial charge < -0.3 is 14.8 Å². The van der Waals surface area contributed by atoms with E-state index in [9.17, 15) is 0 Å². The Bertz CT molecular complexity index is 286. The van der Waals surface area contributed by atoms with Gasteiger partial charge in [0.05, 0.1) is 17.3 Å². The molecule has 0 radical (unpaired) electrons. The van der Waals surface area contributed by atoms with Gasteiger partial charge in [0, 0.05) is 26.6 Å². The molecule has 1 saturated heterocycles. The zero-order chi connectivity index (χ0) is 13.9. The fraction of sp³-hybridized carbons (Fsp3) is 1.00. The van der Waals surface area contributed by atoms with Gasteiger partial charge in [0.2, 0.25) is 0 Å². The van der Waals surface area contributed by atoms with Crippen LogP contribution < -0.4 is 5.32 Å². The van der Waals surface area contributed by atoms with Gasteiger partial charge in [-0.3, -0.25) is 0 Å². The summed E-state index contributed by atoms with van der Waals surface area (Å²) in [4.78, 5) is 0. The van der Waals surface area contributed by atoms with E-state index in [4.69, 9.17) is 9.47 Å². The average Bonchev–Trinajstić information content (AvgIpc) is 2.80. The maximum atomic E-state index is 6.43. The molecule has 19 heavy (non-hydrogen) atoms. The predicted octanol–water partition coefficient (Wildman–Crippen LogP) is 3.13. The first-order valence-electron chi connectivity index (χ1n) is 7.86. The van der Waals surface area contributed by atoms with Gasteiger partial charge in [0.25, 0.3) is 0 Å². The van der Waals surface area contributed by atoms with E-state index in [1.807, 2.05) is 0 Å². The molecule has 1 N–H and O–H groups in total. The van der Waals surface area contributed by atoms with Crippen LogP contribution in [0, 0.1) is 5.92 Å². The molecule has 2 unspecified atom stereocenters. The molecule has 1 heterocycles.